The summed E-state index contributed by atoms with van der Waals surface area (Å²) in [6, 6.07) is 0.449. The van der Waals surface area contributed by atoms with Gasteiger partial charge in [-0.05, 0) is 39.3 Å². The minimum absolute atomic E-state index is 0.290. The van der Waals surface area contributed by atoms with E-state index in [0.717, 1.165) is 19.4 Å². The SMILES string of the molecule is CCn1cc(CC(CC(C)OC)NC)cn1. The highest BCUT2D eigenvalue weighted by Gasteiger charge is 2.12. The predicted molar refractivity (Wildman–Crippen MR) is 65.5 cm³/mol. The Kier molecular flexibility index (Phi) is 5.49. The Morgan fingerprint density at radius 2 is 2.31 bits per heavy atom. The molecule has 4 heteroatoms. The van der Waals surface area contributed by atoms with Gasteiger partial charge in [-0.15, -0.1) is 0 Å². The van der Waals surface area contributed by atoms with Crippen molar-refractivity contribution >= 4 is 0 Å². The van der Waals surface area contributed by atoms with E-state index in [1.54, 1.807) is 7.11 Å². The standard InChI is InChI=1S/C12H23N3O/c1-5-15-9-11(8-14-15)7-12(13-3)6-10(2)16-4/h8-10,12-13H,5-7H2,1-4H3. The number of aromatic nitrogens is 2. The normalized spacial score (nSPS) is 15.0. The summed E-state index contributed by atoms with van der Waals surface area (Å²) in [5.74, 6) is 0. The fraction of sp³-hybridized carbons (Fsp3) is 0.750. The van der Waals surface area contributed by atoms with E-state index in [9.17, 15) is 0 Å². The number of likely N-dealkylation sites (N-methyl/N-ethyl adjacent to an activating group) is 1. The van der Waals surface area contributed by atoms with E-state index in [2.05, 4.69) is 30.5 Å². The molecule has 4 nitrogen and oxygen atoms in total. The van der Waals surface area contributed by atoms with Crippen LogP contribution in [-0.4, -0.2) is 36.1 Å². The summed E-state index contributed by atoms with van der Waals surface area (Å²) >= 11 is 0. The Balaban J connectivity index is 2.49. The Morgan fingerprint density at radius 3 is 2.81 bits per heavy atom. The highest BCUT2D eigenvalue weighted by Crippen LogP contribution is 2.08. The maximum Gasteiger partial charge on any atom is 0.0558 e. The Morgan fingerprint density at radius 1 is 1.56 bits per heavy atom. The van der Waals surface area contributed by atoms with E-state index in [1.807, 2.05) is 17.9 Å². The second-order valence-electron chi connectivity index (χ2n) is 4.18. The second-order valence-corrected chi connectivity index (χ2v) is 4.18. The molecule has 16 heavy (non-hydrogen) atoms. The van der Waals surface area contributed by atoms with Crippen LogP contribution in [0.2, 0.25) is 0 Å². The number of hydrogen-bond donors (Lipinski definition) is 1. The fourth-order valence-corrected chi connectivity index (χ4v) is 1.77. The van der Waals surface area contributed by atoms with Crippen molar-refractivity contribution in [2.75, 3.05) is 14.2 Å². The Bertz CT molecular complexity index is 298. The summed E-state index contributed by atoms with van der Waals surface area (Å²) in [5.41, 5.74) is 1.28. The first kappa shape index (κ1) is 13.2. The van der Waals surface area contributed by atoms with Crippen molar-refractivity contribution in [2.45, 2.75) is 45.4 Å². The van der Waals surface area contributed by atoms with Crippen molar-refractivity contribution in [2.24, 2.45) is 0 Å². The molecule has 0 aliphatic rings. The Labute approximate surface area is 98.0 Å². The highest BCUT2D eigenvalue weighted by molar-refractivity contribution is 5.06. The molecular weight excluding hydrogens is 202 g/mol. The van der Waals surface area contributed by atoms with E-state index in [0.29, 0.717) is 12.1 Å². The lowest BCUT2D eigenvalue weighted by molar-refractivity contribution is 0.101. The third-order valence-electron chi connectivity index (χ3n) is 2.92. The van der Waals surface area contributed by atoms with E-state index >= 15 is 0 Å². The molecule has 0 amide bonds. The molecule has 0 aliphatic carbocycles. The number of nitrogens with zero attached hydrogens (tertiary/aromatic N) is 2. The molecule has 2 unspecified atom stereocenters. The quantitative estimate of drug-likeness (QED) is 0.763. The van der Waals surface area contributed by atoms with Gasteiger partial charge in [0.2, 0.25) is 0 Å². The zero-order valence-electron chi connectivity index (χ0n) is 10.7. The topological polar surface area (TPSA) is 39.1 Å². The van der Waals surface area contributed by atoms with Crippen LogP contribution in [0.15, 0.2) is 12.4 Å². The van der Waals surface area contributed by atoms with Crippen LogP contribution in [0.1, 0.15) is 25.8 Å². The van der Waals surface area contributed by atoms with Crippen LogP contribution in [0.25, 0.3) is 0 Å². The molecule has 1 aromatic heterocycles. The van der Waals surface area contributed by atoms with Crippen LogP contribution >= 0.6 is 0 Å². The smallest absolute Gasteiger partial charge is 0.0558 e. The molecule has 0 aromatic carbocycles. The van der Waals surface area contributed by atoms with Gasteiger partial charge < -0.3 is 10.1 Å². The summed E-state index contributed by atoms with van der Waals surface area (Å²) in [6.45, 7) is 5.12. The summed E-state index contributed by atoms with van der Waals surface area (Å²) in [7, 11) is 3.75. The molecule has 1 heterocycles. The lowest BCUT2D eigenvalue weighted by Crippen LogP contribution is -2.31. The molecule has 0 radical (unpaired) electrons. The molecule has 0 saturated carbocycles. The zero-order chi connectivity index (χ0) is 12.0. The lowest BCUT2D eigenvalue weighted by Gasteiger charge is -2.19. The van der Waals surface area contributed by atoms with Gasteiger partial charge in [-0.2, -0.15) is 5.10 Å². The molecular formula is C12H23N3O. The van der Waals surface area contributed by atoms with Gasteiger partial charge in [-0.3, -0.25) is 4.68 Å². The van der Waals surface area contributed by atoms with E-state index in [1.165, 1.54) is 5.56 Å². The average molecular weight is 225 g/mol. The monoisotopic (exact) mass is 225 g/mol. The largest absolute Gasteiger partial charge is 0.382 e. The van der Waals surface area contributed by atoms with Crippen LogP contribution < -0.4 is 5.32 Å². The van der Waals surface area contributed by atoms with Crippen molar-refractivity contribution in [1.29, 1.82) is 0 Å². The van der Waals surface area contributed by atoms with Gasteiger partial charge >= 0.3 is 0 Å². The molecule has 1 N–H and O–H groups in total. The molecule has 0 fully saturated rings. The molecule has 0 spiro atoms. The van der Waals surface area contributed by atoms with E-state index in [4.69, 9.17) is 4.74 Å². The Hall–Kier alpha value is -0.870. The fourth-order valence-electron chi connectivity index (χ4n) is 1.77. The van der Waals surface area contributed by atoms with Gasteiger partial charge in [-0.1, -0.05) is 0 Å². The molecule has 2 atom stereocenters. The number of aryl methyl sites for hydroxylation is 1. The first-order valence-corrected chi connectivity index (χ1v) is 5.91. The van der Waals surface area contributed by atoms with Crippen LogP contribution in [0.4, 0.5) is 0 Å². The molecule has 0 bridgehead atoms. The van der Waals surface area contributed by atoms with E-state index < -0.39 is 0 Å². The first-order valence-electron chi connectivity index (χ1n) is 5.91. The predicted octanol–water partition coefficient (Wildman–Crippen LogP) is 1.46. The first-order chi connectivity index (χ1) is 7.69. The van der Waals surface area contributed by atoms with Gasteiger partial charge in [0, 0.05) is 25.9 Å². The molecule has 92 valence electrons. The van der Waals surface area contributed by atoms with Crippen molar-refractivity contribution in [3.8, 4) is 0 Å². The maximum atomic E-state index is 5.29. The highest BCUT2D eigenvalue weighted by atomic mass is 16.5. The minimum Gasteiger partial charge on any atom is -0.382 e. The van der Waals surface area contributed by atoms with E-state index in [-0.39, 0.29) is 0 Å². The van der Waals surface area contributed by atoms with Crippen molar-refractivity contribution in [3.63, 3.8) is 0 Å². The zero-order valence-corrected chi connectivity index (χ0v) is 10.7. The number of hydrogen-bond acceptors (Lipinski definition) is 3. The number of rotatable bonds is 7. The van der Waals surface area contributed by atoms with Crippen LogP contribution in [0, 0.1) is 0 Å². The maximum absolute atomic E-state index is 5.29. The molecule has 0 aliphatic heterocycles. The molecule has 1 aromatic rings. The van der Waals surface area contributed by atoms with Gasteiger partial charge in [-0.25, -0.2) is 0 Å². The molecule has 0 saturated heterocycles. The van der Waals surface area contributed by atoms with Gasteiger partial charge in [0.25, 0.3) is 0 Å². The molecule has 1 rings (SSSR count). The van der Waals surface area contributed by atoms with Crippen molar-refractivity contribution in [3.05, 3.63) is 18.0 Å². The summed E-state index contributed by atoms with van der Waals surface area (Å²) in [4.78, 5) is 0. The van der Waals surface area contributed by atoms with Gasteiger partial charge in [0.1, 0.15) is 0 Å². The van der Waals surface area contributed by atoms with Crippen LogP contribution in [0.5, 0.6) is 0 Å². The summed E-state index contributed by atoms with van der Waals surface area (Å²) < 4.78 is 7.25. The third kappa shape index (κ3) is 3.94. The second kappa shape index (κ2) is 6.66. The minimum atomic E-state index is 0.290. The van der Waals surface area contributed by atoms with Crippen LogP contribution in [0.3, 0.4) is 0 Å². The third-order valence-corrected chi connectivity index (χ3v) is 2.92. The summed E-state index contributed by atoms with van der Waals surface area (Å²) in [5, 5.41) is 7.60. The summed E-state index contributed by atoms with van der Waals surface area (Å²) in [6.07, 6.45) is 6.38. The number of nitrogens with one attached hydrogen (secondary N) is 1. The lowest BCUT2D eigenvalue weighted by atomic mass is 10.0. The number of ether oxygens (including phenoxy) is 1. The average Bonchev–Trinajstić information content (AvgIpc) is 2.75. The van der Waals surface area contributed by atoms with Crippen molar-refractivity contribution in [1.82, 2.24) is 15.1 Å². The number of methoxy groups -OCH3 is 1. The van der Waals surface area contributed by atoms with Gasteiger partial charge in [0.15, 0.2) is 0 Å². The van der Waals surface area contributed by atoms with Gasteiger partial charge in [0.05, 0.1) is 12.3 Å². The van der Waals surface area contributed by atoms with Crippen LogP contribution in [-0.2, 0) is 17.7 Å². The van der Waals surface area contributed by atoms with Crippen molar-refractivity contribution < 1.29 is 4.74 Å².